The quantitative estimate of drug-likeness (QED) is 0.449. The fourth-order valence-electron chi connectivity index (χ4n) is 5.49. The van der Waals surface area contributed by atoms with Crippen molar-refractivity contribution in [2.24, 2.45) is 0 Å². The van der Waals surface area contributed by atoms with Gasteiger partial charge in [-0.25, -0.2) is 4.98 Å². The summed E-state index contributed by atoms with van der Waals surface area (Å²) in [7, 11) is 0. The summed E-state index contributed by atoms with van der Waals surface area (Å²) < 4.78 is 0. The standard InChI is InChI=1S/C27H29N7O3/c1-5-34-22-14-21-20(13-18(22)27(3,4)26(34)37)28-24(29-21)23-17-12-16(6-7-19(17)30-31-23)25(36)33-10-8-32(9-11-33)15(2)35/h6-7,12-14H,5,8-11H2,1-4H3,(H,28,29)(H,30,31). The van der Waals surface area contributed by atoms with Crippen LogP contribution in [0, 0.1) is 0 Å². The number of fused-ring (bicyclic) bond motifs is 3. The fourth-order valence-corrected chi connectivity index (χ4v) is 5.49. The van der Waals surface area contributed by atoms with Crippen molar-refractivity contribution in [3.63, 3.8) is 0 Å². The molecule has 10 nitrogen and oxygen atoms in total. The molecule has 3 amide bonds. The minimum absolute atomic E-state index is 0.0326. The Labute approximate surface area is 213 Å². The summed E-state index contributed by atoms with van der Waals surface area (Å²) in [6.45, 7) is 10.1. The number of carbonyl (C=O) groups excluding carboxylic acids is 3. The van der Waals surface area contributed by atoms with Crippen LogP contribution in [0.5, 0.6) is 0 Å². The molecule has 190 valence electrons. The maximum atomic E-state index is 13.2. The van der Waals surface area contributed by atoms with Gasteiger partial charge in [0.15, 0.2) is 5.82 Å². The number of anilines is 1. The molecule has 0 unspecified atom stereocenters. The predicted octanol–water partition coefficient (Wildman–Crippen LogP) is 3.05. The first-order valence-electron chi connectivity index (χ1n) is 12.6. The van der Waals surface area contributed by atoms with E-state index in [2.05, 4.69) is 15.2 Å². The number of aromatic nitrogens is 4. The molecule has 0 spiro atoms. The van der Waals surface area contributed by atoms with Crippen molar-refractivity contribution < 1.29 is 14.4 Å². The van der Waals surface area contributed by atoms with Crippen molar-refractivity contribution in [1.82, 2.24) is 30.0 Å². The van der Waals surface area contributed by atoms with Gasteiger partial charge in [-0.1, -0.05) is 0 Å². The van der Waals surface area contributed by atoms with E-state index in [4.69, 9.17) is 4.98 Å². The molecule has 4 heterocycles. The van der Waals surface area contributed by atoms with Crippen molar-refractivity contribution in [2.45, 2.75) is 33.1 Å². The van der Waals surface area contributed by atoms with Crippen LogP contribution in [0.1, 0.15) is 43.6 Å². The van der Waals surface area contributed by atoms with Crippen molar-refractivity contribution in [3.8, 4) is 11.5 Å². The van der Waals surface area contributed by atoms with Gasteiger partial charge in [0.1, 0.15) is 5.69 Å². The van der Waals surface area contributed by atoms with Crippen LogP contribution in [0.15, 0.2) is 30.3 Å². The molecule has 37 heavy (non-hydrogen) atoms. The number of hydrogen-bond acceptors (Lipinski definition) is 5. The van der Waals surface area contributed by atoms with E-state index in [0.29, 0.717) is 49.8 Å². The number of imidazole rings is 1. The van der Waals surface area contributed by atoms with E-state index in [-0.39, 0.29) is 17.7 Å². The summed E-state index contributed by atoms with van der Waals surface area (Å²) in [5, 5.41) is 8.34. The molecule has 0 aliphatic carbocycles. The minimum Gasteiger partial charge on any atom is -0.339 e. The number of aromatic amines is 2. The monoisotopic (exact) mass is 499 g/mol. The van der Waals surface area contributed by atoms with Crippen molar-refractivity contribution in [2.75, 3.05) is 37.6 Å². The zero-order valence-electron chi connectivity index (χ0n) is 21.4. The van der Waals surface area contributed by atoms with E-state index in [9.17, 15) is 14.4 Å². The summed E-state index contributed by atoms with van der Waals surface area (Å²) in [6.07, 6.45) is 0. The Balaban J connectivity index is 1.35. The third-order valence-corrected chi connectivity index (χ3v) is 7.71. The molecule has 1 fully saturated rings. The Morgan fingerprint density at radius 1 is 1.03 bits per heavy atom. The highest BCUT2D eigenvalue weighted by Gasteiger charge is 2.43. The van der Waals surface area contributed by atoms with Gasteiger partial charge in [0, 0.05) is 50.6 Å². The Hall–Kier alpha value is -4.21. The molecule has 0 radical (unpaired) electrons. The number of nitrogens with one attached hydrogen (secondary N) is 2. The maximum Gasteiger partial charge on any atom is 0.253 e. The first-order valence-corrected chi connectivity index (χ1v) is 12.6. The van der Waals surface area contributed by atoms with Crippen LogP contribution in [-0.2, 0) is 15.0 Å². The number of nitrogens with zero attached hydrogens (tertiary/aromatic N) is 5. The van der Waals surface area contributed by atoms with Crippen LogP contribution in [0.3, 0.4) is 0 Å². The zero-order valence-corrected chi connectivity index (χ0v) is 21.4. The summed E-state index contributed by atoms with van der Waals surface area (Å²) in [6, 6.07) is 9.48. The molecule has 10 heteroatoms. The highest BCUT2D eigenvalue weighted by Crippen LogP contribution is 2.43. The number of H-pyrrole nitrogens is 2. The number of benzene rings is 2. The molecule has 2 N–H and O–H groups in total. The van der Waals surface area contributed by atoms with Gasteiger partial charge in [0.2, 0.25) is 11.8 Å². The normalized spacial score (nSPS) is 17.2. The topological polar surface area (TPSA) is 118 Å². The number of rotatable bonds is 3. The lowest BCUT2D eigenvalue weighted by Crippen LogP contribution is -2.50. The second-order valence-electron chi connectivity index (χ2n) is 10.3. The predicted molar refractivity (Wildman–Crippen MR) is 140 cm³/mol. The van der Waals surface area contributed by atoms with Crippen LogP contribution in [0.25, 0.3) is 33.5 Å². The Kier molecular flexibility index (Phi) is 5.11. The first kappa shape index (κ1) is 23.2. The van der Waals surface area contributed by atoms with E-state index >= 15 is 0 Å². The van der Waals surface area contributed by atoms with Gasteiger partial charge in [-0.3, -0.25) is 19.5 Å². The van der Waals surface area contributed by atoms with Gasteiger partial charge in [0.05, 0.1) is 27.7 Å². The molecular formula is C27H29N7O3. The SMILES string of the molecule is CCN1C(=O)C(C)(C)c2cc3[nH]c(-c4n[nH]c5ccc(C(=O)N6CCN(C(C)=O)CC6)cc45)nc3cc21. The van der Waals surface area contributed by atoms with E-state index in [0.717, 1.165) is 33.2 Å². The van der Waals surface area contributed by atoms with E-state index in [1.54, 1.807) is 27.7 Å². The molecule has 0 saturated carbocycles. The third-order valence-electron chi connectivity index (χ3n) is 7.71. The minimum atomic E-state index is -0.602. The van der Waals surface area contributed by atoms with Gasteiger partial charge < -0.3 is 19.7 Å². The number of likely N-dealkylation sites (N-methyl/N-ethyl adjacent to an activating group) is 1. The molecule has 2 aliphatic heterocycles. The molecule has 0 atom stereocenters. The van der Waals surface area contributed by atoms with Gasteiger partial charge >= 0.3 is 0 Å². The second kappa shape index (κ2) is 8.16. The lowest BCUT2D eigenvalue weighted by molar-refractivity contribution is -0.130. The lowest BCUT2D eigenvalue weighted by Gasteiger charge is -2.34. The highest BCUT2D eigenvalue weighted by atomic mass is 16.2. The van der Waals surface area contributed by atoms with Crippen molar-refractivity contribution in [3.05, 3.63) is 41.5 Å². The van der Waals surface area contributed by atoms with E-state index < -0.39 is 5.41 Å². The van der Waals surface area contributed by atoms with Gasteiger partial charge in [-0.15, -0.1) is 0 Å². The molecule has 2 aliphatic rings. The molecule has 6 rings (SSSR count). The van der Waals surface area contributed by atoms with Crippen molar-refractivity contribution >= 4 is 45.3 Å². The smallest absolute Gasteiger partial charge is 0.253 e. The van der Waals surface area contributed by atoms with Crippen LogP contribution in [-0.4, -0.2) is 80.4 Å². The molecule has 2 aromatic carbocycles. The Morgan fingerprint density at radius 2 is 1.76 bits per heavy atom. The first-order chi connectivity index (χ1) is 17.7. The molecule has 1 saturated heterocycles. The summed E-state index contributed by atoms with van der Waals surface area (Å²) >= 11 is 0. The number of amides is 3. The number of carbonyl (C=O) groups is 3. The Morgan fingerprint density at radius 3 is 2.46 bits per heavy atom. The average Bonchev–Trinajstić information content (AvgIpc) is 3.55. The molecule has 0 bridgehead atoms. The van der Waals surface area contributed by atoms with E-state index in [1.165, 1.54) is 0 Å². The van der Waals surface area contributed by atoms with Crippen LogP contribution in [0.2, 0.25) is 0 Å². The molecular weight excluding hydrogens is 470 g/mol. The highest BCUT2D eigenvalue weighted by molar-refractivity contribution is 6.09. The van der Waals surface area contributed by atoms with Crippen LogP contribution < -0.4 is 4.90 Å². The third kappa shape index (κ3) is 3.50. The van der Waals surface area contributed by atoms with E-state index in [1.807, 2.05) is 45.0 Å². The summed E-state index contributed by atoms with van der Waals surface area (Å²) in [5.41, 5.74) is 4.86. The number of piperazine rings is 1. The van der Waals surface area contributed by atoms with Crippen LogP contribution in [0.4, 0.5) is 5.69 Å². The van der Waals surface area contributed by atoms with Crippen LogP contribution >= 0.6 is 0 Å². The van der Waals surface area contributed by atoms with Gasteiger partial charge in [0.25, 0.3) is 5.91 Å². The second-order valence-corrected chi connectivity index (χ2v) is 10.3. The summed E-state index contributed by atoms with van der Waals surface area (Å²) in [5.74, 6) is 0.655. The average molecular weight is 500 g/mol. The van der Waals surface area contributed by atoms with Gasteiger partial charge in [-0.2, -0.15) is 5.10 Å². The summed E-state index contributed by atoms with van der Waals surface area (Å²) in [4.78, 5) is 51.3. The van der Waals surface area contributed by atoms with Gasteiger partial charge in [-0.05, 0) is 56.7 Å². The fraction of sp³-hybridized carbons (Fsp3) is 0.370. The van der Waals surface area contributed by atoms with Crippen molar-refractivity contribution in [1.29, 1.82) is 0 Å². The largest absolute Gasteiger partial charge is 0.339 e. The number of hydrogen-bond donors (Lipinski definition) is 2. The molecule has 4 aromatic rings. The lowest BCUT2D eigenvalue weighted by atomic mass is 9.86. The molecule has 2 aromatic heterocycles. The maximum absolute atomic E-state index is 13.2. The zero-order chi connectivity index (χ0) is 26.1. The Bertz CT molecular complexity index is 1590.